The van der Waals surface area contributed by atoms with Crippen LogP contribution < -0.4 is 5.32 Å². The maximum absolute atomic E-state index is 12.2. The van der Waals surface area contributed by atoms with Crippen molar-refractivity contribution in [3.8, 4) is 0 Å². The Kier molecular flexibility index (Phi) is 4.99. The van der Waals surface area contributed by atoms with Crippen LogP contribution in [-0.2, 0) is 17.6 Å². The zero-order valence-corrected chi connectivity index (χ0v) is 14.3. The van der Waals surface area contributed by atoms with Gasteiger partial charge in [0.05, 0.1) is 12.7 Å². The van der Waals surface area contributed by atoms with Crippen molar-refractivity contribution in [2.75, 3.05) is 6.54 Å². The van der Waals surface area contributed by atoms with Crippen LogP contribution in [0, 0.1) is 13.8 Å². The predicted molar refractivity (Wildman–Crippen MR) is 97.2 cm³/mol. The lowest BCUT2D eigenvalue weighted by Gasteiger charge is -2.05. The third-order valence-corrected chi connectivity index (χ3v) is 4.43. The summed E-state index contributed by atoms with van der Waals surface area (Å²) in [5.41, 5.74) is 5.53. The highest BCUT2D eigenvalue weighted by Gasteiger charge is 2.11. The van der Waals surface area contributed by atoms with Crippen molar-refractivity contribution in [2.45, 2.75) is 33.1 Å². The van der Waals surface area contributed by atoms with E-state index < -0.39 is 0 Å². The summed E-state index contributed by atoms with van der Waals surface area (Å²) in [4.78, 5) is 12.2. The van der Waals surface area contributed by atoms with Gasteiger partial charge in [0.25, 0.3) is 0 Å². The van der Waals surface area contributed by atoms with Crippen LogP contribution in [0.5, 0.6) is 0 Å². The van der Waals surface area contributed by atoms with Gasteiger partial charge in [-0.2, -0.15) is 0 Å². The maximum Gasteiger partial charge on any atom is 0.224 e. The summed E-state index contributed by atoms with van der Waals surface area (Å²) in [6.07, 6.45) is 3.99. The molecule has 0 saturated carbocycles. The molecule has 1 aromatic heterocycles. The fourth-order valence-electron chi connectivity index (χ4n) is 2.87. The summed E-state index contributed by atoms with van der Waals surface area (Å²) in [7, 11) is 0. The van der Waals surface area contributed by atoms with Crippen molar-refractivity contribution < 1.29 is 9.21 Å². The molecule has 1 N–H and O–H groups in total. The van der Waals surface area contributed by atoms with Gasteiger partial charge in [0, 0.05) is 17.5 Å². The van der Waals surface area contributed by atoms with Crippen LogP contribution in [0.4, 0.5) is 0 Å². The maximum atomic E-state index is 12.2. The number of nitrogens with one attached hydrogen (secondary N) is 1. The summed E-state index contributed by atoms with van der Waals surface area (Å²) in [5.74, 6) is 0.0454. The number of carbonyl (C=O) groups excluding carboxylic acids is 1. The van der Waals surface area contributed by atoms with Gasteiger partial charge in [0.2, 0.25) is 5.91 Å². The standard InChI is InChI=1S/C21H23NO2/c1-15-11-19-18(14-24-20(19)12-16(15)2)13-21(23)22-10-6-9-17-7-4-3-5-8-17/h3-5,7-8,11-12,14H,6,9-10,13H2,1-2H3,(H,22,23). The smallest absolute Gasteiger partial charge is 0.224 e. The number of amides is 1. The third-order valence-electron chi connectivity index (χ3n) is 4.43. The molecule has 1 heterocycles. The zero-order chi connectivity index (χ0) is 16.9. The molecule has 0 aliphatic heterocycles. The molecule has 3 aromatic rings. The lowest BCUT2D eigenvalue weighted by Crippen LogP contribution is -2.26. The Morgan fingerprint density at radius 1 is 1.08 bits per heavy atom. The monoisotopic (exact) mass is 321 g/mol. The van der Waals surface area contributed by atoms with E-state index in [-0.39, 0.29) is 5.91 Å². The van der Waals surface area contributed by atoms with Gasteiger partial charge in [-0.1, -0.05) is 30.3 Å². The first-order valence-corrected chi connectivity index (χ1v) is 8.41. The number of carbonyl (C=O) groups is 1. The Balaban J connectivity index is 1.53. The summed E-state index contributed by atoms with van der Waals surface area (Å²) in [6, 6.07) is 14.5. The van der Waals surface area contributed by atoms with Crippen LogP contribution in [-0.4, -0.2) is 12.5 Å². The second-order valence-corrected chi connectivity index (χ2v) is 6.31. The highest BCUT2D eigenvalue weighted by atomic mass is 16.3. The van der Waals surface area contributed by atoms with Crippen LogP contribution in [0.15, 0.2) is 53.1 Å². The van der Waals surface area contributed by atoms with Crippen molar-refractivity contribution in [3.63, 3.8) is 0 Å². The summed E-state index contributed by atoms with van der Waals surface area (Å²) >= 11 is 0. The minimum absolute atomic E-state index is 0.0454. The molecule has 0 radical (unpaired) electrons. The lowest BCUT2D eigenvalue weighted by atomic mass is 10.0. The molecule has 0 bridgehead atoms. The van der Waals surface area contributed by atoms with E-state index in [0.29, 0.717) is 13.0 Å². The highest BCUT2D eigenvalue weighted by Crippen LogP contribution is 2.25. The van der Waals surface area contributed by atoms with Crippen molar-refractivity contribution >= 4 is 16.9 Å². The van der Waals surface area contributed by atoms with E-state index in [1.54, 1.807) is 6.26 Å². The Hall–Kier alpha value is -2.55. The number of hydrogen-bond donors (Lipinski definition) is 1. The first-order valence-electron chi connectivity index (χ1n) is 8.41. The van der Waals surface area contributed by atoms with Gasteiger partial charge in [0.1, 0.15) is 5.58 Å². The zero-order valence-electron chi connectivity index (χ0n) is 14.3. The lowest BCUT2D eigenvalue weighted by molar-refractivity contribution is -0.120. The molecule has 0 aliphatic carbocycles. The molecule has 0 atom stereocenters. The second-order valence-electron chi connectivity index (χ2n) is 6.31. The molecule has 0 fully saturated rings. The number of furan rings is 1. The summed E-state index contributed by atoms with van der Waals surface area (Å²) in [5, 5.41) is 4.04. The normalized spacial score (nSPS) is 10.9. The average molecular weight is 321 g/mol. The third kappa shape index (κ3) is 3.85. The molecule has 0 aliphatic rings. The van der Waals surface area contributed by atoms with E-state index in [2.05, 4.69) is 37.4 Å². The molecule has 124 valence electrons. The van der Waals surface area contributed by atoms with Crippen LogP contribution in [0.3, 0.4) is 0 Å². The Bertz CT molecular complexity index is 834. The van der Waals surface area contributed by atoms with Crippen LogP contribution >= 0.6 is 0 Å². The molecule has 3 rings (SSSR count). The van der Waals surface area contributed by atoms with Gasteiger partial charge >= 0.3 is 0 Å². The minimum atomic E-state index is 0.0454. The van der Waals surface area contributed by atoms with Crippen molar-refractivity contribution in [1.82, 2.24) is 5.32 Å². The fraction of sp³-hybridized carbons (Fsp3) is 0.286. The number of hydrogen-bond acceptors (Lipinski definition) is 2. The number of benzene rings is 2. The van der Waals surface area contributed by atoms with Crippen LogP contribution in [0.2, 0.25) is 0 Å². The van der Waals surface area contributed by atoms with Crippen molar-refractivity contribution in [2.24, 2.45) is 0 Å². The van der Waals surface area contributed by atoms with Crippen LogP contribution in [0.1, 0.15) is 28.7 Å². The Labute approximate surface area is 142 Å². The van der Waals surface area contributed by atoms with E-state index in [1.165, 1.54) is 16.7 Å². The minimum Gasteiger partial charge on any atom is -0.464 e. The quantitative estimate of drug-likeness (QED) is 0.686. The fourth-order valence-corrected chi connectivity index (χ4v) is 2.87. The van der Waals surface area contributed by atoms with Gasteiger partial charge in [-0.05, 0) is 55.5 Å². The van der Waals surface area contributed by atoms with Gasteiger partial charge in [-0.15, -0.1) is 0 Å². The molecule has 0 spiro atoms. The van der Waals surface area contributed by atoms with E-state index >= 15 is 0 Å². The van der Waals surface area contributed by atoms with Crippen molar-refractivity contribution in [3.05, 3.63) is 71.0 Å². The first-order chi connectivity index (χ1) is 11.6. The second kappa shape index (κ2) is 7.35. The Morgan fingerprint density at radius 2 is 1.83 bits per heavy atom. The molecule has 2 aromatic carbocycles. The van der Waals surface area contributed by atoms with Gasteiger partial charge in [-0.3, -0.25) is 4.79 Å². The van der Waals surface area contributed by atoms with E-state index in [4.69, 9.17) is 4.42 Å². The molecule has 0 saturated heterocycles. The average Bonchev–Trinajstić information content (AvgIpc) is 2.95. The number of fused-ring (bicyclic) bond motifs is 1. The molecular formula is C21H23NO2. The number of aryl methyl sites for hydroxylation is 3. The van der Waals surface area contributed by atoms with E-state index in [1.807, 2.05) is 24.3 Å². The molecular weight excluding hydrogens is 298 g/mol. The molecule has 0 unspecified atom stereocenters. The molecule has 1 amide bonds. The van der Waals surface area contributed by atoms with E-state index in [9.17, 15) is 4.79 Å². The SMILES string of the molecule is Cc1cc2occ(CC(=O)NCCCc3ccccc3)c2cc1C. The predicted octanol–water partition coefficient (Wildman–Crippen LogP) is 4.34. The first kappa shape index (κ1) is 16.3. The van der Waals surface area contributed by atoms with Crippen LogP contribution in [0.25, 0.3) is 11.0 Å². The highest BCUT2D eigenvalue weighted by molar-refractivity contribution is 5.88. The van der Waals surface area contributed by atoms with Gasteiger partial charge in [0.15, 0.2) is 0 Å². The summed E-state index contributed by atoms with van der Waals surface area (Å²) in [6.45, 7) is 4.84. The Morgan fingerprint density at radius 3 is 2.62 bits per heavy atom. The molecule has 24 heavy (non-hydrogen) atoms. The topological polar surface area (TPSA) is 42.2 Å². The van der Waals surface area contributed by atoms with Gasteiger partial charge in [-0.25, -0.2) is 0 Å². The largest absolute Gasteiger partial charge is 0.464 e. The number of rotatable bonds is 6. The van der Waals surface area contributed by atoms with Crippen molar-refractivity contribution in [1.29, 1.82) is 0 Å². The molecule has 3 heteroatoms. The van der Waals surface area contributed by atoms with Gasteiger partial charge < -0.3 is 9.73 Å². The molecule has 3 nitrogen and oxygen atoms in total. The van der Waals surface area contributed by atoms with E-state index in [0.717, 1.165) is 29.4 Å². The summed E-state index contributed by atoms with van der Waals surface area (Å²) < 4.78 is 5.59.